The van der Waals surface area contributed by atoms with Gasteiger partial charge in [-0.1, -0.05) is 18.5 Å². The predicted molar refractivity (Wildman–Crippen MR) is 81.2 cm³/mol. The van der Waals surface area contributed by atoms with Crippen LogP contribution in [-0.2, 0) is 4.74 Å². The third-order valence-corrected chi connectivity index (χ3v) is 3.97. The molecule has 0 spiro atoms. The van der Waals surface area contributed by atoms with Gasteiger partial charge in [-0.3, -0.25) is 0 Å². The van der Waals surface area contributed by atoms with Gasteiger partial charge in [0.15, 0.2) is 11.5 Å². The van der Waals surface area contributed by atoms with E-state index in [0.29, 0.717) is 28.7 Å². The summed E-state index contributed by atoms with van der Waals surface area (Å²) in [5, 5.41) is 4.13. The second-order valence-electron chi connectivity index (χ2n) is 4.95. The highest BCUT2D eigenvalue weighted by Crippen LogP contribution is 2.37. The van der Waals surface area contributed by atoms with Gasteiger partial charge in [0.05, 0.1) is 31.0 Å². The Hall–Kier alpha value is -1.13. The molecule has 1 aliphatic rings. The van der Waals surface area contributed by atoms with Gasteiger partial charge < -0.3 is 19.5 Å². The van der Waals surface area contributed by atoms with Crippen LogP contribution in [0.3, 0.4) is 0 Å². The maximum absolute atomic E-state index is 6.30. The number of methoxy groups -OCH3 is 2. The first kappa shape index (κ1) is 15.3. The van der Waals surface area contributed by atoms with Crippen LogP contribution in [0.1, 0.15) is 26.2 Å². The minimum Gasteiger partial charge on any atom is -0.493 e. The van der Waals surface area contributed by atoms with Crippen molar-refractivity contribution in [1.82, 2.24) is 0 Å². The molecule has 1 heterocycles. The molecular formula is C15H22ClNO3. The van der Waals surface area contributed by atoms with E-state index < -0.39 is 0 Å². The molecule has 1 fully saturated rings. The van der Waals surface area contributed by atoms with Crippen LogP contribution in [0, 0.1) is 0 Å². The molecule has 0 bridgehead atoms. The van der Waals surface area contributed by atoms with E-state index >= 15 is 0 Å². The predicted octanol–water partition coefficient (Wildman–Crippen LogP) is 3.73. The first-order chi connectivity index (χ1) is 9.67. The van der Waals surface area contributed by atoms with Crippen LogP contribution in [0.4, 0.5) is 5.69 Å². The van der Waals surface area contributed by atoms with Gasteiger partial charge in [0, 0.05) is 24.8 Å². The zero-order valence-electron chi connectivity index (χ0n) is 12.2. The Morgan fingerprint density at radius 3 is 2.65 bits per heavy atom. The number of anilines is 1. The zero-order chi connectivity index (χ0) is 14.5. The van der Waals surface area contributed by atoms with Crippen molar-refractivity contribution in [1.29, 1.82) is 0 Å². The number of halogens is 1. The number of hydrogen-bond acceptors (Lipinski definition) is 4. The molecule has 0 aliphatic carbocycles. The maximum Gasteiger partial charge on any atom is 0.162 e. The average Bonchev–Trinajstić information content (AvgIpc) is 2.49. The average molecular weight is 300 g/mol. The molecule has 1 N–H and O–H groups in total. The molecular weight excluding hydrogens is 278 g/mol. The van der Waals surface area contributed by atoms with Crippen molar-refractivity contribution in [2.45, 2.75) is 38.3 Å². The molecule has 1 aromatic carbocycles. The first-order valence-electron chi connectivity index (χ1n) is 6.97. The lowest BCUT2D eigenvalue weighted by atomic mass is 10.0. The minimum absolute atomic E-state index is 0.333. The van der Waals surface area contributed by atoms with E-state index in [1.165, 1.54) is 0 Å². The van der Waals surface area contributed by atoms with Crippen LogP contribution in [0.2, 0.25) is 5.02 Å². The van der Waals surface area contributed by atoms with Crippen molar-refractivity contribution in [3.63, 3.8) is 0 Å². The van der Waals surface area contributed by atoms with Gasteiger partial charge in [0.25, 0.3) is 0 Å². The van der Waals surface area contributed by atoms with Crippen LogP contribution in [0.15, 0.2) is 12.1 Å². The van der Waals surface area contributed by atoms with Crippen molar-refractivity contribution in [3.8, 4) is 11.5 Å². The fourth-order valence-corrected chi connectivity index (χ4v) is 2.69. The van der Waals surface area contributed by atoms with E-state index in [-0.39, 0.29) is 0 Å². The number of rotatable bonds is 5. The molecule has 4 nitrogen and oxygen atoms in total. The summed E-state index contributed by atoms with van der Waals surface area (Å²) in [6.07, 6.45) is 3.36. The minimum atomic E-state index is 0.333. The normalized spacial score (nSPS) is 22.4. The highest BCUT2D eigenvalue weighted by Gasteiger charge is 2.22. The Balaban J connectivity index is 2.12. The Labute approximate surface area is 125 Å². The number of ether oxygens (including phenoxy) is 3. The van der Waals surface area contributed by atoms with Crippen LogP contribution in [0.25, 0.3) is 0 Å². The molecule has 0 radical (unpaired) electrons. The van der Waals surface area contributed by atoms with E-state index in [2.05, 4.69) is 12.2 Å². The Kier molecular flexibility index (Phi) is 5.38. The monoisotopic (exact) mass is 299 g/mol. The van der Waals surface area contributed by atoms with Gasteiger partial charge in [-0.2, -0.15) is 0 Å². The first-order valence-corrected chi connectivity index (χ1v) is 7.35. The molecule has 0 aromatic heterocycles. The van der Waals surface area contributed by atoms with Crippen LogP contribution < -0.4 is 14.8 Å². The molecule has 20 heavy (non-hydrogen) atoms. The van der Waals surface area contributed by atoms with E-state index in [0.717, 1.165) is 31.6 Å². The van der Waals surface area contributed by atoms with Gasteiger partial charge in [-0.15, -0.1) is 0 Å². The van der Waals surface area contributed by atoms with Gasteiger partial charge in [-0.25, -0.2) is 0 Å². The van der Waals surface area contributed by atoms with Crippen molar-refractivity contribution in [2.75, 3.05) is 26.1 Å². The second kappa shape index (κ2) is 7.04. The largest absolute Gasteiger partial charge is 0.493 e. The van der Waals surface area contributed by atoms with Crippen molar-refractivity contribution >= 4 is 17.3 Å². The van der Waals surface area contributed by atoms with Crippen molar-refractivity contribution in [2.24, 2.45) is 0 Å². The SMILES string of the molecule is CCC1CC(Nc2cc(OC)c(OC)cc2Cl)CCO1. The highest BCUT2D eigenvalue weighted by atomic mass is 35.5. The Morgan fingerprint density at radius 2 is 2.00 bits per heavy atom. The molecule has 1 aromatic rings. The summed E-state index contributed by atoms with van der Waals surface area (Å²) in [5.41, 5.74) is 0.881. The topological polar surface area (TPSA) is 39.7 Å². The number of nitrogens with one attached hydrogen (secondary N) is 1. The standard InChI is InChI=1S/C15H22ClNO3/c1-4-11-7-10(5-6-20-11)17-13-9-15(19-3)14(18-2)8-12(13)16/h8-11,17H,4-7H2,1-3H3. The number of benzene rings is 1. The van der Waals surface area contributed by atoms with Gasteiger partial charge >= 0.3 is 0 Å². The lowest BCUT2D eigenvalue weighted by Crippen LogP contribution is -2.33. The fraction of sp³-hybridized carbons (Fsp3) is 0.600. The molecule has 1 saturated heterocycles. The molecule has 2 rings (SSSR count). The molecule has 1 aliphatic heterocycles. The van der Waals surface area contributed by atoms with Crippen molar-refractivity contribution in [3.05, 3.63) is 17.2 Å². The quantitative estimate of drug-likeness (QED) is 0.899. The third kappa shape index (κ3) is 3.49. The molecule has 112 valence electrons. The van der Waals surface area contributed by atoms with Crippen LogP contribution in [-0.4, -0.2) is 33.0 Å². The zero-order valence-corrected chi connectivity index (χ0v) is 13.0. The lowest BCUT2D eigenvalue weighted by molar-refractivity contribution is 0.00925. The van der Waals surface area contributed by atoms with Gasteiger partial charge in [-0.05, 0) is 19.3 Å². The van der Waals surface area contributed by atoms with E-state index in [1.54, 1.807) is 20.3 Å². The molecule has 2 atom stereocenters. The summed E-state index contributed by atoms with van der Waals surface area (Å²) >= 11 is 6.30. The summed E-state index contributed by atoms with van der Waals surface area (Å²) in [4.78, 5) is 0. The second-order valence-corrected chi connectivity index (χ2v) is 5.36. The molecule has 2 unspecified atom stereocenters. The summed E-state index contributed by atoms with van der Waals surface area (Å²) < 4.78 is 16.2. The third-order valence-electron chi connectivity index (χ3n) is 3.66. The van der Waals surface area contributed by atoms with Crippen LogP contribution in [0.5, 0.6) is 11.5 Å². The molecule has 5 heteroatoms. The summed E-state index contributed by atoms with van der Waals surface area (Å²) in [6.45, 7) is 2.94. The van der Waals surface area contributed by atoms with E-state index in [9.17, 15) is 0 Å². The Morgan fingerprint density at radius 1 is 1.30 bits per heavy atom. The summed E-state index contributed by atoms with van der Waals surface area (Å²) in [5.74, 6) is 1.32. The van der Waals surface area contributed by atoms with Crippen LogP contribution >= 0.6 is 11.6 Å². The fourth-order valence-electron chi connectivity index (χ4n) is 2.48. The maximum atomic E-state index is 6.30. The van der Waals surface area contributed by atoms with E-state index in [4.69, 9.17) is 25.8 Å². The van der Waals surface area contributed by atoms with Gasteiger partial charge in [0.2, 0.25) is 0 Å². The molecule has 0 amide bonds. The lowest BCUT2D eigenvalue weighted by Gasteiger charge is -2.30. The Bertz CT molecular complexity index is 453. The highest BCUT2D eigenvalue weighted by molar-refractivity contribution is 6.33. The number of hydrogen-bond donors (Lipinski definition) is 1. The summed E-state index contributed by atoms with van der Waals surface area (Å²) in [7, 11) is 3.22. The van der Waals surface area contributed by atoms with Crippen molar-refractivity contribution < 1.29 is 14.2 Å². The molecule has 0 saturated carbocycles. The van der Waals surface area contributed by atoms with E-state index in [1.807, 2.05) is 6.07 Å². The van der Waals surface area contributed by atoms with Gasteiger partial charge in [0.1, 0.15) is 0 Å². The summed E-state index contributed by atoms with van der Waals surface area (Å²) in [6, 6.07) is 4.04. The smallest absolute Gasteiger partial charge is 0.162 e.